The van der Waals surface area contributed by atoms with Crippen molar-refractivity contribution in [3.63, 3.8) is 0 Å². The number of aryl methyl sites for hydroxylation is 1. The Morgan fingerprint density at radius 2 is 2.05 bits per heavy atom. The van der Waals surface area contributed by atoms with Crippen LogP contribution in [0.15, 0.2) is 24.3 Å². The topological polar surface area (TPSA) is 58.2 Å². The molecule has 1 aromatic carbocycles. The van der Waals surface area contributed by atoms with Gasteiger partial charge >= 0.3 is 0 Å². The third-order valence-electron chi connectivity index (χ3n) is 3.62. The number of anilines is 1. The molecule has 1 heterocycles. The Bertz CT molecular complexity index is 505. The van der Waals surface area contributed by atoms with E-state index in [4.69, 9.17) is 0 Å². The molecular weight excluding hydrogens is 272 g/mol. The van der Waals surface area contributed by atoms with Crippen LogP contribution in [0.2, 0.25) is 0 Å². The molecule has 1 aliphatic rings. The van der Waals surface area contributed by atoms with Crippen molar-refractivity contribution in [1.82, 2.24) is 5.32 Å². The molecule has 1 fully saturated rings. The number of piperidine rings is 1. The molecule has 1 aromatic rings. The lowest BCUT2D eigenvalue weighted by atomic mass is 10.0. The van der Waals surface area contributed by atoms with E-state index in [1.807, 2.05) is 24.3 Å². The lowest BCUT2D eigenvalue weighted by Crippen LogP contribution is -2.35. The fourth-order valence-electron chi connectivity index (χ4n) is 2.63. The fourth-order valence-corrected chi connectivity index (χ4v) is 4.11. The maximum Gasteiger partial charge on any atom is 0.233 e. The SMILES string of the molecule is CCCc1ccc(NS(=O)(=O)CC2CCCNC2)cc1. The van der Waals surface area contributed by atoms with E-state index >= 15 is 0 Å². The first-order valence-electron chi connectivity index (χ1n) is 7.39. The smallest absolute Gasteiger partial charge is 0.233 e. The second-order valence-corrected chi connectivity index (χ2v) is 7.31. The van der Waals surface area contributed by atoms with Gasteiger partial charge in [-0.25, -0.2) is 8.42 Å². The van der Waals surface area contributed by atoms with Crippen LogP contribution in [-0.2, 0) is 16.4 Å². The van der Waals surface area contributed by atoms with Crippen molar-refractivity contribution in [2.75, 3.05) is 23.6 Å². The lowest BCUT2D eigenvalue weighted by molar-refractivity contribution is 0.404. The number of hydrogen-bond donors (Lipinski definition) is 2. The number of nitrogens with one attached hydrogen (secondary N) is 2. The maximum atomic E-state index is 12.1. The van der Waals surface area contributed by atoms with Gasteiger partial charge in [-0.3, -0.25) is 4.72 Å². The van der Waals surface area contributed by atoms with Crippen molar-refractivity contribution < 1.29 is 8.42 Å². The van der Waals surface area contributed by atoms with Gasteiger partial charge in [-0.2, -0.15) is 0 Å². The predicted molar refractivity (Wildman–Crippen MR) is 83.4 cm³/mol. The summed E-state index contributed by atoms with van der Waals surface area (Å²) >= 11 is 0. The Kier molecular flexibility index (Phi) is 5.43. The first kappa shape index (κ1) is 15.3. The van der Waals surface area contributed by atoms with E-state index in [1.165, 1.54) is 5.56 Å². The number of benzene rings is 1. The monoisotopic (exact) mass is 296 g/mol. The molecule has 1 atom stereocenters. The molecule has 4 nitrogen and oxygen atoms in total. The third kappa shape index (κ3) is 4.80. The van der Waals surface area contributed by atoms with E-state index in [0.29, 0.717) is 5.69 Å². The van der Waals surface area contributed by atoms with E-state index in [2.05, 4.69) is 17.0 Å². The molecule has 1 saturated heterocycles. The minimum Gasteiger partial charge on any atom is -0.316 e. The van der Waals surface area contributed by atoms with Crippen molar-refractivity contribution in [3.8, 4) is 0 Å². The Labute approximate surface area is 122 Å². The van der Waals surface area contributed by atoms with Crippen molar-refractivity contribution in [3.05, 3.63) is 29.8 Å². The molecule has 5 heteroatoms. The highest BCUT2D eigenvalue weighted by atomic mass is 32.2. The molecule has 1 aliphatic heterocycles. The average molecular weight is 296 g/mol. The quantitative estimate of drug-likeness (QED) is 0.847. The van der Waals surface area contributed by atoms with Crippen LogP contribution in [0.3, 0.4) is 0 Å². The fraction of sp³-hybridized carbons (Fsp3) is 0.600. The minimum absolute atomic E-state index is 0.205. The van der Waals surface area contributed by atoms with Gasteiger partial charge in [0.05, 0.1) is 5.75 Å². The van der Waals surface area contributed by atoms with Gasteiger partial charge in [0, 0.05) is 5.69 Å². The Balaban J connectivity index is 1.93. The highest BCUT2D eigenvalue weighted by Crippen LogP contribution is 2.16. The zero-order valence-corrected chi connectivity index (χ0v) is 12.9. The number of rotatable bonds is 6. The Hall–Kier alpha value is -1.07. The summed E-state index contributed by atoms with van der Waals surface area (Å²) in [7, 11) is -3.25. The highest BCUT2D eigenvalue weighted by Gasteiger charge is 2.21. The van der Waals surface area contributed by atoms with E-state index in [9.17, 15) is 8.42 Å². The van der Waals surface area contributed by atoms with Crippen LogP contribution in [0.1, 0.15) is 31.7 Å². The summed E-state index contributed by atoms with van der Waals surface area (Å²) in [6, 6.07) is 7.68. The first-order chi connectivity index (χ1) is 9.59. The van der Waals surface area contributed by atoms with E-state index < -0.39 is 10.0 Å². The van der Waals surface area contributed by atoms with Gasteiger partial charge in [-0.05, 0) is 56.0 Å². The normalized spacial score (nSPS) is 19.8. The van der Waals surface area contributed by atoms with Gasteiger partial charge in [0.2, 0.25) is 10.0 Å². The van der Waals surface area contributed by atoms with Crippen LogP contribution >= 0.6 is 0 Å². The zero-order valence-electron chi connectivity index (χ0n) is 12.1. The molecule has 0 radical (unpaired) electrons. The average Bonchev–Trinajstić information content (AvgIpc) is 2.41. The summed E-state index contributed by atoms with van der Waals surface area (Å²) in [5, 5.41) is 3.25. The standard InChI is InChI=1S/C15H24N2O2S/c1-2-4-13-6-8-15(9-7-13)17-20(18,19)12-14-5-3-10-16-11-14/h6-9,14,16-17H,2-5,10-12H2,1H3. The molecule has 112 valence electrons. The van der Waals surface area contributed by atoms with Gasteiger partial charge in [0.1, 0.15) is 0 Å². The molecule has 1 unspecified atom stereocenters. The van der Waals surface area contributed by atoms with Crippen molar-refractivity contribution in [2.24, 2.45) is 5.92 Å². The van der Waals surface area contributed by atoms with E-state index in [0.717, 1.165) is 38.8 Å². The summed E-state index contributed by atoms with van der Waals surface area (Å²) in [6.07, 6.45) is 4.18. The molecule has 20 heavy (non-hydrogen) atoms. The van der Waals surface area contributed by atoms with Crippen molar-refractivity contribution in [1.29, 1.82) is 0 Å². The Morgan fingerprint density at radius 1 is 1.30 bits per heavy atom. The maximum absolute atomic E-state index is 12.1. The second-order valence-electron chi connectivity index (χ2n) is 5.54. The van der Waals surface area contributed by atoms with Crippen LogP contribution in [0.25, 0.3) is 0 Å². The number of hydrogen-bond acceptors (Lipinski definition) is 3. The van der Waals surface area contributed by atoms with E-state index in [1.54, 1.807) is 0 Å². The molecule has 0 saturated carbocycles. The zero-order chi connectivity index (χ0) is 14.4. The van der Waals surface area contributed by atoms with Gasteiger partial charge < -0.3 is 5.32 Å². The lowest BCUT2D eigenvalue weighted by Gasteiger charge is -2.22. The van der Waals surface area contributed by atoms with Crippen LogP contribution < -0.4 is 10.0 Å². The van der Waals surface area contributed by atoms with E-state index in [-0.39, 0.29) is 11.7 Å². The summed E-state index contributed by atoms with van der Waals surface area (Å²) in [5.74, 6) is 0.428. The molecule has 0 bridgehead atoms. The highest BCUT2D eigenvalue weighted by molar-refractivity contribution is 7.92. The van der Waals surface area contributed by atoms with Crippen LogP contribution in [0.5, 0.6) is 0 Å². The van der Waals surface area contributed by atoms with Crippen molar-refractivity contribution in [2.45, 2.75) is 32.6 Å². The van der Waals surface area contributed by atoms with Crippen LogP contribution in [0, 0.1) is 5.92 Å². The number of sulfonamides is 1. The van der Waals surface area contributed by atoms with Gasteiger partial charge in [0.15, 0.2) is 0 Å². The third-order valence-corrected chi connectivity index (χ3v) is 5.08. The minimum atomic E-state index is -3.25. The van der Waals surface area contributed by atoms with Crippen LogP contribution in [0.4, 0.5) is 5.69 Å². The predicted octanol–water partition coefficient (Wildman–Crippen LogP) is 2.38. The van der Waals surface area contributed by atoms with Gasteiger partial charge in [-0.15, -0.1) is 0 Å². The molecule has 2 rings (SSSR count). The van der Waals surface area contributed by atoms with Crippen LogP contribution in [-0.4, -0.2) is 27.3 Å². The molecule has 0 amide bonds. The summed E-state index contributed by atoms with van der Waals surface area (Å²) < 4.78 is 27.0. The second kappa shape index (κ2) is 7.09. The largest absolute Gasteiger partial charge is 0.316 e. The molecule has 0 aliphatic carbocycles. The first-order valence-corrected chi connectivity index (χ1v) is 9.04. The molecular formula is C15H24N2O2S. The van der Waals surface area contributed by atoms with Crippen molar-refractivity contribution >= 4 is 15.7 Å². The molecule has 2 N–H and O–H groups in total. The van der Waals surface area contributed by atoms with Gasteiger partial charge in [-0.1, -0.05) is 25.5 Å². The summed E-state index contributed by atoms with van der Waals surface area (Å²) in [5.41, 5.74) is 1.90. The summed E-state index contributed by atoms with van der Waals surface area (Å²) in [4.78, 5) is 0. The van der Waals surface area contributed by atoms with Gasteiger partial charge in [0.25, 0.3) is 0 Å². The molecule has 0 spiro atoms. The molecule has 0 aromatic heterocycles. The summed E-state index contributed by atoms with van der Waals surface area (Å²) in [6.45, 7) is 3.94. The Morgan fingerprint density at radius 3 is 2.65 bits per heavy atom.